The summed E-state index contributed by atoms with van der Waals surface area (Å²) < 4.78 is 10.8. The zero-order chi connectivity index (χ0) is 60.5. The van der Waals surface area contributed by atoms with E-state index < -0.39 is 6.10 Å². The predicted molar refractivity (Wildman–Crippen MR) is 370 cm³/mol. The lowest BCUT2D eigenvalue weighted by molar-refractivity contribution is -0.161. The summed E-state index contributed by atoms with van der Waals surface area (Å²) >= 11 is 0. The quantitative estimate of drug-likeness (QED) is 0.0373. The molecule has 0 rings (SSSR count). The SMILES string of the molecule is CC/C=C\C/C=C\C/C=C\C/C=C\C/C=C\C/C=C\C/C=C\CCCCCCCCCCCC(=O)OC(CO)COC(=O)CCCCCCCCCCCCCCCCCCCCCC/C=C\C/C=C\C/C=C\C/C=C\C/C=C\C/C=C\CC. The standard InChI is InChI=1S/C79H130O5/c1-3-5-7-9-11-13-15-17-19-21-23-25-27-29-31-33-35-36-37-38-39-40-41-42-44-45-47-49-51-53-55-57-59-61-63-65-67-69-71-73-78(81)83-76-77(75-80)84-79(82)74-72-70-68-66-64-62-60-58-56-54-52-50-48-46-43-34-32-30-28-26-24-22-20-18-16-14-12-10-8-6-4-2/h5-8,11-14,17-20,23-26,29-32,35-36,43,46,50,52,77,80H,3-4,9-10,15-16,21-22,27-28,33-34,37-42,44-45,47-49,51,53-76H2,1-2H3/b7-5-,8-6-,13-11-,14-12-,19-17-,20-18-,25-23-,26-24-,31-29-,32-30-,36-35-,46-43-,52-50-. The van der Waals surface area contributed by atoms with Crippen molar-refractivity contribution < 1.29 is 24.2 Å². The number of aliphatic hydroxyl groups is 1. The lowest BCUT2D eigenvalue weighted by Gasteiger charge is -2.15. The highest BCUT2D eigenvalue weighted by Crippen LogP contribution is 2.17. The highest BCUT2D eigenvalue weighted by molar-refractivity contribution is 5.70. The third-order valence-electron chi connectivity index (χ3n) is 14.8. The number of allylic oxidation sites excluding steroid dienone is 26. The van der Waals surface area contributed by atoms with Gasteiger partial charge in [-0.3, -0.25) is 9.59 Å². The number of aliphatic hydroxyl groups excluding tert-OH is 1. The van der Waals surface area contributed by atoms with Crippen LogP contribution in [-0.2, 0) is 19.1 Å². The first-order chi connectivity index (χ1) is 41.6. The smallest absolute Gasteiger partial charge is 0.306 e. The minimum atomic E-state index is -0.786. The Labute approximate surface area is 520 Å². The van der Waals surface area contributed by atoms with Gasteiger partial charge in [-0.1, -0.05) is 332 Å². The lowest BCUT2D eigenvalue weighted by atomic mass is 10.0. The average molecular weight is 1160 g/mol. The van der Waals surface area contributed by atoms with Gasteiger partial charge in [0.15, 0.2) is 6.10 Å². The van der Waals surface area contributed by atoms with Crippen molar-refractivity contribution in [3.05, 3.63) is 158 Å². The van der Waals surface area contributed by atoms with Crippen molar-refractivity contribution in [3.8, 4) is 0 Å². The largest absolute Gasteiger partial charge is 0.462 e. The molecule has 1 N–H and O–H groups in total. The molecule has 0 aromatic carbocycles. The summed E-state index contributed by atoms with van der Waals surface area (Å²) in [5.74, 6) is -0.595. The van der Waals surface area contributed by atoms with Crippen molar-refractivity contribution in [1.82, 2.24) is 0 Å². The van der Waals surface area contributed by atoms with Crippen molar-refractivity contribution in [2.45, 2.75) is 315 Å². The Kier molecular flexibility index (Phi) is 68.9. The van der Waals surface area contributed by atoms with Gasteiger partial charge in [0.1, 0.15) is 6.61 Å². The highest BCUT2D eigenvalue weighted by Gasteiger charge is 2.16. The average Bonchev–Trinajstić information content (AvgIpc) is 3.51. The topological polar surface area (TPSA) is 72.8 Å². The van der Waals surface area contributed by atoms with Gasteiger partial charge in [0.2, 0.25) is 0 Å². The van der Waals surface area contributed by atoms with E-state index in [0.717, 1.165) is 128 Å². The maximum atomic E-state index is 12.4. The number of esters is 2. The Balaban J connectivity index is 3.50. The van der Waals surface area contributed by atoms with E-state index in [4.69, 9.17) is 9.47 Å². The normalized spacial score (nSPS) is 13.2. The Hall–Kier alpha value is -4.48. The van der Waals surface area contributed by atoms with Gasteiger partial charge in [-0.05, 0) is 122 Å². The molecule has 0 heterocycles. The minimum Gasteiger partial charge on any atom is -0.462 e. The molecule has 476 valence electrons. The second-order valence-corrected chi connectivity index (χ2v) is 22.8. The van der Waals surface area contributed by atoms with Gasteiger partial charge < -0.3 is 14.6 Å². The molecule has 84 heavy (non-hydrogen) atoms. The van der Waals surface area contributed by atoms with Crippen LogP contribution in [0.2, 0.25) is 0 Å². The second-order valence-electron chi connectivity index (χ2n) is 22.8. The number of carbonyl (C=O) groups is 2. The van der Waals surface area contributed by atoms with Crippen LogP contribution in [0.5, 0.6) is 0 Å². The van der Waals surface area contributed by atoms with Gasteiger partial charge in [0.25, 0.3) is 0 Å². The molecule has 0 spiro atoms. The van der Waals surface area contributed by atoms with Gasteiger partial charge >= 0.3 is 11.9 Å². The molecule has 5 heteroatoms. The third-order valence-corrected chi connectivity index (χ3v) is 14.8. The van der Waals surface area contributed by atoms with E-state index >= 15 is 0 Å². The van der Waals surface area contributed by atoms with E-state index in [1.807, 2.05) is 0 Å². The minimum absolute atomic E-state index is 0.0736. The number of rotatable bonds is 63. The van der Waals surface area contributed by atoms with Crippen LogP contribution < -0.4 is 0 Å². The molecule has 0 radical (unpaired) electrons. The summed E-state index contributed by atoms with van der Waals surface area (Å²) in [6.07, 6.45) is 111. The Morgan fingerprint density at radius 1 is 0.274 bits per heavy atom. The fraction of sp³-hybridized carbons (Fsp3) is 0.646. The number of ether oxygens (including phenoxy) is 2. The number of unbranched alkanes of at least 4 members (excludes halogenated alkanes) is 29. The zero-order valence-corrected chi connectivity index (χ0v) is 54.6. The summed E-state index contributed by atoms with van der Waals surface area (Å²) in [5, 5.41) is 9.70. The lowest BCUT2D eigenvalue weighted by Crippen LogP contribution is -2.28. The predicted octanol–water partition coefficient (Wildman–Crippen LogP) is 24.6. The summed E-state index contributed by atoms with van der Waals surface area (Å²) in [6, 6.07) is 0. The van der Waals surface area contributed by atoms with Crippen molar-refractivity contribution in [3.63, 3.8) is 0 Å². The van der Waals surface area contributed by atoms with Crippen LogP contribution in [0, 0.1) is 0 Å². The van der Waals surface area contributed by atoms with Crippen LogP contribution in [0.15, 0.2) is 158 Å². The number of hydrogen-bond acceptors (Lipinski definition) is 5. The summed E-state index contributed by atoms with van der Waals surface area (Å²) in [6.45, 7) is 3.92. The maximum Gasteiger partial charge on any atom is 0.306 e. The Bertz CT molecular complexity index is 1790. The first-order valence-electron chi connectivity index (χ1n) is 35.0. The van der Waals surface area contributed by atoms with Crippen LogP contribution in [0.3, 0.4) is 0 Å². The van der Waals surface area contributed by atoms with Crippen LogP contribution >= 0.6 is 0 Å². The van der Waals surface area contributed by atoms with Gasteiger partial charge in [0, 0.05) is 12.8 Å². The monoisotopic (exact) mass is 1160 g/mol. The molecule has 0 aromatic heterocycles. The number of carbonyl (C=O) groups excluding carboxylic acids is 2. The van der Waals surface area contributed by atoms with E-state index in [0.29, 0.717) is 12.8 Å². The van der Waals surface area contributed by atoms with Crippen molar-refractivity contribution >= 4 is 11.9 Å². The second kappa shape index (κ2) is 72.8. The number of hydrogen-bond donors (Lipinski definition) is 1. The van der Waals surface area contributed by atoms with E-state index in [9.17, 15) is 14.7 Å². The molecule has 0 saturated heterocycles. The summed E-state index contributed by atoms with van der Waals surface area (Å²) in [7, 11) is 0. The molecule has 1 unspecified atom stereocenters. The molecule has 0 amide bonds. The molecular weight excluding hydrogens is 1030 g/mol. The molecule has 0 saturated carbocycles. The fourth-order valence-electron chi connectivity index (χ4n) is 9.66. The van der Waals surface area contributed by atoms with Crippen LogP contribution in [0.25, 0.3) is 0 Å². The molecule has 0 aliphatic rings. The zero-order valence-electron chi connectivity index (χ0n) is 54.6. The molecule has 0 aliphatic heterocycles. The Morgan fingerprint density at radius 3 is 0.714 bits per heavy atom. The molecule has 0 aliphatic carbocycles. The molecule has 5 nitrogen and oxygen atoms in total. The molecule has 0 bridgehead atoms. The summed E-state index contributed by atoms with van der Waals surface area (Å²) in [4.78, 5) is 24.7. The van der Waals surface area contributed by atoms with Crippen LogP contribution in [0.4, 0.5) is 0 Å². The van der Waals surface area contributed by atoms with E-state index in [1.165, 1.54) is 154 Å². The van der Waals surface area contributed by atoms with E-state index in [-0.39, 0.29) is 25.2 Å². The Morgan fingerprint density at radius 2 is 0.476 bits per heavy atom. The molecule has 0 fully saturated rings. The first-order valence-corrected chi connectivity index (χ1v) is 35.0. The molecule has 0 aromatic rings. The van der Waals surface area contributed by atoms with Crippen LogP contribution in [0.1, 0.15) is 309 Å². The first kappa shape index (κ1) is 79.5. The van der Waals surface area contributed by atoms with Gasteiger partial charge in [-0.25, -0.2) is 0 Å². The van der Waals surface area contributed by atoms with Gasteiger partial charge in [-0.15, -0.1) is 0 Å². The molecular formula is C79H130O5. The van der Waals surface area contributed by atoms with Crippen molar-refractivity contribution in [1.29, 1.82) is 0 Å². The van der Waals surface area contributed by atoms with E-state index in [1.54, 1.807) is 0 Å². The fourth-order valence-corrected chi connectivity index (χ4v) is 9.66. The molecule has 1 atom stereocenters. The van der Waals surface area contributed by atoms with Crippen molar-refractivity contribution in [2.24, 2.45) is 0 Å². The third kappa shape index (κ3) is 70.0. The van der Waals surface area contributed by atoms with Gasteiger partial charge in [-0.2, -0.15) is 0 Å². The van der Waals surface area contributed by atoms with Crippen molar-refractivity contribution in [2.75, 3.05) is 13.2 Å². The van der Waals surface area contributed by atoms with Crippen LogP contribution in [-0.4, -0.2) is 36.4 Å². The maximum absolute atomic E-state index is 12.4. The highest BCUT2D eigenvalue weighted by atomic mass is 16.6. The van der Waals surface area contributed by atoms with Gasteiger partial charge in [0.05, 0.1) is 6.61 Å². The van der Waals surface area contributed by atoms with E-state index in [2.05, 4.69) is 172 Å². The summed E-state index contributed by atoms with van der Waals surface area (Å²) in [5.41, 5.74) is 0.